The highest BCUT2D eigenvalue weighted by Crippen LogP contribution is 2.24. The molecular weight excluding hydrogens is 416 g/mol. The van der Waals surface area contributed by atoms with Crippen molar-refractivity contribution < 1.29 is 14.3 Å². The maximum Gasteiger partial charge on any atom is 0.270 e. The lowest BCUT2D eigenvalue weighted by atomic mass is 10.1. The number of amides is 2. The number of nitrogens with one attached hydrogen (secondary N) is 1. The number of halogens is 1. The van der Waals surface area contributed by atoms with Gasteiger partial charge in [-0.1, -0.05) is 28.1 Å². The summed E-state index contributed by atoms with van der Waals surface area (Å²) in [5.41, 5.74) is 1.33. The summed E-state index contributed by atoms with van der Waals surface area (Å²) >= 11 is 8.55. The van der Waals surface area contributed by atoms with E-state index in [4.69, 9.17) is 17.0 Å². The molecule has 2 aromatic carbocycles. The summed E-state index contributed by atoms with van der Waals surface area (Å²) in [5, 5.41) is 2.62. The molecule has 1 fully saturated rings. The molecule has 0 aliphatic carbocycles. The highest BCUT2D eigenvalue weighted by atomic mass is 79.9. The molecule has 0 aromatic heterocycles. The molecule has 0 radical (unpaired) electrons. The molecule has 1 heterocycles. The molecule has 0 bridgehead atoms. The number of nitrogens with zero attached hydrogens (tertiary/aromatic N) is 1. The van der Waals surface area contributed by atoms with Crippen molar-refractivity contribution in [3.8, 4) is 5.75 Å². The van der Waals surface area contributed by atoms with Gasteiger partial charge in [0.05, 0.1) is 12.3 Å². The number of ether oxygens (including phenoxy) is 1. The molecule has 1 aliphatic rings. The van der Waals surface area contributed by atoms with Crippen LogP contribution in [0.15, 0.2) is 58.6 Å². The SMILES string of the molecule is CCOc1ccc(N2C(=O)/C(=C/c3ccc(Br)cc3)C(=O)NC2=S)cc1. The second-order valence-corrected chi connectivity index (χ2v) is 6.74. The van der Waals surface area contributed by atoms with Crippen LogP contribution in [-0.4, -0.2) is 23.5 Å². The van der Waals surface area contributed by atoms with Gasteiger partial charge in [-0.05, 0) is 67.2 Å². The predicted octanol–water partition coefficient (Wildman–Crippen LogP) is 3.68. The Labute approximate surface area is 164 Å². The van der Waals surface area contributed by atoms with Crippen LogP contribution in [0.25, 0.3) is 6.08 Å². The maximum atomic E-state index is 12.9. The van der Waals surface area contributed by atoms with Crippen LogP contribution in [0, 0.1) is 0 Å². The molecule has 26 heavy (non-hydrogen) atoms. The van der Waals surface area contributed by atoms with Crippen LogP contribution in [0.5, 0.6) is 5.75 Å². The number of carbonyl (C=O) groups excluding carboxylic acids is 2. The average Bonchev–Trinajstić information content (AvgIpc) is 2.62. The monoisotopic (exact) mass is 430 g/mol. The zero-order valence-electron chi connectivity index (χ0n) is 13.9. The van der Waals surface area contributed by atoms with Gasteiger partial charge >= 0.3 is 0 Å². The van der Waals surface area contributed by atoms with Gasteiger partial charge in [-0.2, -0.15) is 0 Å². The van der Waals surface area contributed by atoms with Crippen molar-refractivity contribution in [2.75, 3.05) is 11.5 Å². The first kappa shape index (κ1) is 18.3. The summed E-state index contributed by atoms with van der Waals surface area (Å²) in [6.07, 6.45) is 1.55. The van der Waals surface area contributed by atoms with Crippen LogP contribution in [-0.2, 0) is 9.59 Å². The molecule has 0 unspecified atom stereocenters. The molecular formula is C19H15BrN2O3S. The van der Waals surface area contributed by atoms with Gasteiger partial charge in [0.25, 0.3) is 11.8 Å². The summed E-state index contributed by atoms with van der Waals surface area (Å²) in [5.74, 6) is -0.280. The molecule has 2 amide bonds. The number of thiocarbonyl (C=S) groups is 1. The number of benzene rings is 2. The van der Waals surface area contributed by atoms with Gasteiger partial charge in [-0.25, -0.2) is 0 Å². The number of hydrogen-bond acceptors (Lipinski definition) is 4. The van der Waals surface area contributed by atoms with E-state index < -0.39 is 11.8 Å². The Morgan fingerprint density at radius 3 is 2.38 bits per heavy atom. The minimum absolute atomic E-state index is 0.0230. The second-order valence-electron chi connectivity index (χ2n) is 5.44. The number of hydrogen-bond donors (Lipinski definition) is 1. The van der Waals surface area contributed by atoms with Crippen molar-refractivity contribution in [1.82, 2.24) is 5.32 Å². The fourth-order valence-electron chi connectivity index (χ4n) is 2.48. The summed E-state index contributed by atoms with van der Waals surface area (Å²) in [7, 11) is 0. The largest absolute Gasteiger partial charge is 0.494 e. The number of anilines is 1. The lowest BCUT2D eigenvalue weighted by Gasteiger charge is -2.29. The average molecular weight is 431 g/mol. The topological polar surface area (TPSA) is 58.6 Å². The van der Waals surface area contributed by atoms with Gasteiger partial charge < -0.3 is 4.74 Å². The lowest BCUT2D eigenvalue weighted by molar-refractivity contribution is -0.122. The summed E-state index contributed by atoms with van der Waals surface area (Å²) in [6.45, 7) is 2.45. The van der Waals surface area contributed by atoms with Crippen molar-refractivity contribution in [2.45, 2.75) is 6.92 Å². The highest BCUT2D eigenvalue weighted by Gasteiger charge is 2.34. The van der Waals surface area contributed by atoms with Crippen molar-refractivity contribution in [3.63, 3.8) is 0 Å². The third-order valence-electron chi connectivity index (χ3n) is 3.69. The zero-order valence-corrected chi connectivity index (χ0v) is 16.3. The molecule has 0 spiro atoms. The Morgan fingerprint density at radius 1 is 1.12 bits per heavy atom. The normalized spacial score (nSPS) is 16.0. The second kappa shape index (κ2) is 7.80. The molecule has 1 N–H and O–H groups in total. The van der Waals surface area contributed by atoms with E-state index >= 15 is 0 Å². The first-order chi connectivity index (χ1) is 12.5. The van der Waals surface area contributed by atoms with E-state index in [1.165, 1.54) is 4.90 Å². The van der Waals surface area contributed by atoms with E-state index in [9.17, 15) is 9.59 Å². The molecule has 7 heteroatoms. The van der Waals surface area contributed by atoms with Gasteiger partial charge in [0, 0.05) is 4.47 Å². The minimum Gasteiger partial charge on any atom is -0.494 e. The molecule has 5 nitrogen and oxygen atoms in total. The van der Waals surface area contributed by atoms with E-state index in [1.807, 2.05) is 31.2 Å². The summed E-state index contributed by atoms with van der Waals surface area (Å²) in [4.78, 5) is 26.5. The van der Waals surface area contributed by atoms with E-state index in [2.05, 4.69) is 21.2 Å². The van der Waals surface area contributed by atoms with Gasteiger partial charge in [-0.15, -0.1) is 0 Å². The summed E-state index contributed by atoms with van der Waals surface area (Å²) in [6, 6.07) is 14.3. The fraction of sp³-hybridized carbons (Fsp3) is 0.105. The Bertz CT molecular complexity index is 892. The molecule has 132 valence electrons. The van der Waals surface area contributed by atoms with Gasteiger partial charge in [0.15, 0.2) is 5.11 Å². The van der Waals surface area contributed by atoms with E-state index in [1.54, 1.807) is 30.3 Å². The van der Waals surface area contributed by atoms with Gasteiger partial charge in [0.1, 0.15) is 11.3 Å². The Morgan fingerprint density at radius 2 is 1.77 bits per heavy atom. The van der Waals surface area contributed by atoms with Gasteiger partial charge in [0.2, 0.25) is 0 Å². The third-order valence-corrected chi connectivity index (χ3v) is 4.50. The Kier molecular flexibility index (Phi) is 5.49. The molecule has 1 aliphatic heterocycles. The van der Waals surface area contributed by atoms with Crippen LogP contribution >= 0.6 is 28.1 Å². The zero-order chi connectivity index (χ0) is 18.7. The van der Waals surface area contributed by atoms with Crippen molar-refractivity contribution in [1.29, 1.82) is 0 Å². The standard InChI is InChI=1S/C19H15BrN2O3S/c1-2-25-15-9-7-14(8-10-15)22-18(24)16(17(23)21-19(22)26)11-12-3-5-13(20)6-4-12/h3-11H,2H2,1H3,(H,21,23,26)/b16-11+. The first-order valence-corrected chi connectivity index (χ1v) is 9.09. The van der Waals surface area contributed by atoms with Crippen molar-refractivity contribution in [3.05, 3.63) is 64.1 Å². The molecule has 0 atom stereocenters. The Hall–Kier alpha value is -2.51. The number of rotatable bonds is 4. The lowest BCUT2D eigenvalue weighted by Crippen LogP contribution is -2.54. The Balaban J connectivity index is 1.93. The highest BCUT2D eigenvalue weighted by molar-refractivity contribution is 9.10. The van der Waals surface area contributed by atoms with Crippen LogP contribution in [0.3, 0.4) is 0 Å². The fourth-order valence-corrected chi connectivity index (χ4v) is 3.02. The molecule has 0 saturated carbocycles. The maximum absolute atomic E-state index is 12.9. The quantitative estimate of drug-likeness (QED) is 0.456. The van der Waals surface area contributed by atoms with Crippen LogP contribution < -0.4 is 15.0 Å². The first-order valence-electron chi connectivity index (χ1n) is 7.89. The van der Waals surface area contributed by atoms with Crippen LogP contribution in [0.2, 0.25) is 0 Å². The van der Waals surface area contributed by atoms with Crippen molar-refractivity contribution >= 4 is 56.8 Å². The van der Waals surface area contributed by atoms with E-state index in [-0.39, 0.29) is 10.7 Å². The molecule has 3 rings (SSSR count). The van der Waals surface area contributed by atoms with Crippen LogP contribution in [0.4, 0.5) is 5.69 Å². The third kappa shape index (κ3) is 3.84. The predicted molar refractivity (Wildman–Crippen MR) is 108 cm³/mol. The minimum atomic E-state index is -0.509. The van der Waals surface area contributed by atoms with E-state index in [0.29, 0.717) is 18.0 Å². The van der Waals surface area contributed by atoms with Gasteiger partial charge in [-0.3, -0.25) is 19.8 Å². The van der Waals surface area contributed by atoms with Crippen LogP contribution in [0.1, 0.15) is 12.5 Å². The van der Waals surface area contributed by atoms with Crippen molar-refractivity contribution in [2.24, 2.45) is 0 Å². The number of carbonyl (C=O) groups is 2. The smallest absolute Gasteiger partial charge is 0.270 e. The van der Waals surface area contributed by atoms with E-state index in [0.717, 1.165) is 10.0 Å². The molecule has 2 aromatic rings. The molecule has 1 saturated heterocycles. The summed E-state index contributed by atoms with van der Waals surface area (Å²) < 4.78 is 6.32.